The van der Waals surface area contributed by atoms with E-state index in [4.69, 9.17) is 4.74 Å². The summed E-state index contributed by atoms with van der Waals surface area (Å²) in [7, 11) is 1.29. The molecule has 1 amide bonds. The third-order valence-corrected chi connectivity index (χ3v) is 2.89. The summed E-state index contributed by atoms with van der Waals surface area (Å²) >= 11 is 0. The minimum atomic E-state index is -0.679. The molecule has 0 bridgehead atoms. The van der Waals surface area contributed by atoms with Crippen molar-refractivity contribution in [1.29, 1.82) is 0 Å². The summed E-state index contributed by atoms with van der Waals surface area (Å²) in [5, 5.41) is 0. The normalized spacial score (nSPS) is 11.0. The second kappa shape index (κ2) is 7.24. The first-order valence-corrected chi connectivity index (χ1v) is 6.70. The third-order valence-electron chi connectivity index (χ3n) is 2.89. The fourth-order valence-electron chi connectivity index (χ4n) is 1.97. The fraction of sp³-hybridized carbons (Fsp3) is 0.176. The van der Waals surface area contributed by atoms with Crippen LogP contribution in [0.15, 0.2) is 59.6 Å². The molecule has 2 aromatic carbocycles. The monoisotopic (exact) mass is 283 g/mol. The molecule has 108 valence electrons. The van der Waals surface area contributed by atoms with Crippen LogP contribution in [0, 0.1) is 0 Å². The summed E-state index contributed by atoms with van der Waals surface area (Å²) < 4.78 is 10.1. The van der Waals surface area contributed by atoms with Crippen LogP contribution < -0.4 is 0 Å². The second-order valence-corrected chi connectivity index (χ2v) is 4.23. The van der Waals surface area contributed by atoms with Gasteiger partial charge in [0.2, 0.25) is 5.90 Å². The maximum atomic E-state index is 11.4. The smallest absolute Gasteiger partial charge is 0.436 e. The molecule has 0 saturated heterocycles. The molecule has 21 heavy (non-hydrogen) atoms. The van der Waals surface area contributed by atoms with Crippen molar-refractivity contribution in [2.24, 2.45) is 4.99 Å². The Hall–Kier alpha value is -2.62. The van der Waals surface area contributed by atoms with Gasteiger partial charge >= 0.3 is 6.09 Å². The van der Waals surface area contributed by atoms with Crippen LogP contribution in [0.25, 0.3) is 11.1 Å². The molecule has 0 radical (unpaired) electrons. The predicted molar refractivity (Wildman–Crippen MR) is 82.4 cm³/mol. The Morgan fingerprint density at radius 2 is 1.71 bits per heavy atom. The van der Waals surface area contributed by atoms with E-state index in [0.717, 1.165) is 16.7 Å². The highest BCUT2D eigenvalue weighted by Gasteiger charge is 2.13. The summed E-state index contributed by atoms with van der Waals surface area (Å²) in [6.45, 7) is 2.26. The lowest BCUT2D eigenvalue weighted by molar-refractivity contribution is 0.181. The van der Waals surface area contributed by atoms with E-state index in [1.165, 1.54) is 7.11 Å². The Kier molecular flexibility index (Phi) is 5.10. The lowest BCUT2D eigenvalue weighted by Gasteiger charge is -2.12. The first kappa shape index (κ1) is 14.8. The van der Waals surface area contributed by atoms with Crippen molar-refractivity contribution in [2.45, 2.75) is 6.92 Å². The molecule has 0 aliphatic heterocycles. The molecular formula is C17H17NO3. The van der Waals surface area contributed by atoms with Gasteiger partial charge in [-0.25, -0.2) is 4.79 Å². The van der Waals surface area contributed by atoms with Crippen molar-refractivity contribution >= 4 is 12.0 Å². The van der Waals surface area contributed by atoms with E-state index in [1.54, 1.807) is 0 Å². The summed E-state index contributed by atoms with van der Waals surface area (Å²) in [6.07, 6.45) is -0.679. The minimum Gasteiger partial charge on any atom is -0.477 e. The van der Waals surface area contributed by atoms with Gasteiger partial charge in [-0.15, -0.1) is 4.99 Å². The SMILES string of the molecule is CCOC(=NC(=O)OC)c1ccccc1-c1ccccc1. The van der Waals surface area contributed by atoms with Crippen LogP contribution in [0.5, 0.6) is 0 Å². The number of benzene rings is 2. The van der Waals surface area contributed by atoms with Gasteiger partial charge in [-0.3, -0.25) is 0 Å². The van der Waals surface area contributed by atoms with E-state index in [0.29, 0.717) is 6.61 Å². The molecule has 2 aromatic rings. The van der Waals surface area contributed by atoms with Crippen LogP contribution in [0.1, 0.15) is 12.5 Å². The van der Waals surface area contributed by atoms with E-state index in [-0.39, 0.29) is 5.90 Å². The number of rotatable bonds is 3. The van der Waals surface area contributed by atoms with Gasteiger partial charge < -0.3 is 9.47 Å². The van der Waals surface area contributed by atoms with Crippen molar-refractivity contribution < 1.29 is 14.3 Å². The Labute approximate surface area is 124 Å². The Balaban J connectivity index is 2.51. The van der Waals surface area contributed by atoms with E-state index < -0.39 is 6.09 Å². The number of carbonyl (C=O) groups excluding carboxylic acids is 1. The number of ether oxygens (including phenoxy) is 2. The average Bonchev–Trinajstić information content (AvgIpc) is 2.55. The topological polar surface area (TPSA) is 47.9 Å². The highest BCUT2D eigenvalue weighted by Crippen LogP contribution is 2.24. The van der Waals surface area contributed by atoms with Gasteiger partial charge in [0.05, 0.1) is 13.7 Å². The maximum absolute atomic E-state index is 11.4. The molecule has 2 rings (SSSR count). The number of carbonyl (C=O) groups is 1. The molecule has 0 spiro atoms. The Morgan fingerprint density at radius 3 is 2.38 bits per heavy atom. The third kappa shape index (κ3) is 3.69. The lowest BCUT2D eigenvalue weighted by Crippen LogP contribution is -2.11. The first-order valence-electron chi connectivity index (χ1n) is 6.70. The van der Waals surface area contributed by atoms with Gasteiger partial charge in [-0.2, -0.15) is 0 Å². The van der Waals surface area contributed by atoms with Crippen molar-refractivity contribution in [3.05, 3.63) is 60.2 Å². The van der Waals surface area contributed by atoms with E-state index in [1.807, 2.05) is 61.5 Å². The van der Waals surface area contributed by atoms with E-state index in [2.05, 4.69) is 9.73 Å². The van der Waals surface area contributed by atoms with Crippen LogP contribution in [0.2, 0.25) is 0 Å². The maximum Gasteiger partial charge on any atom is 0.436 e. The summed E-state index contributed by atoms with van der Waals surface area (Å²) in [5.74, 6) is 0.267. The molecule has 4 nitrogen and oxygen atoms in total. The summed E-state index contributed by atoms with van der Waals surface area (Å²) in [5.41, 5.74) is 2.75. The Bertz CT molecular complexity index is 635. The second-order valence-electron chi connectivity index (χ2n) is 4.23. The molecular weight excluding hydrogens is 266 g/mol. The van der Waals surface area contributed by atoms with Crippen molar-refractivity contribution in [1.82, 2.24) is 0 Å². The molecule has 0 aromatic heterocycles. The van der Waals surface area contributed by atoms with Gasteiger partial charge in [0.15, 0.2) is 0 Å². The van der Waals surface area contributed by atoms with Crippen LogP contribution in [0.3, 0.4) is 0 Å². The van der Waals surface area contributed by atoms with Crippen molar-refractivity contribution in [3.63, 3.8) is 0 Å². The first-order chi connectivity index (χ1) is 10.3. The molecule has 0 atom stereocenters. The molecule has 0 saturated carbocycles. The molecule has 0 fully saturated rings. The molecule has 0 unspecified atom stereocenters. The predicted octanol–water partition coefficient (Wildman–Crippen LogP) is 3.90. The van der Waals surface area contributed by atoms with Crippen molar-refractivity contribution in [3.8, 4) is 11.1 Å². The van der Waals surface area contributed by atoms with Crippen LogP contribution in [0.4, 0.5) is 4.79 Å². The van der Waals surface area contributed by atoms with Crippen molar-refractivity contribution in [2.75, 3.05) is 13.7 Å². The van der Waals surface area contributed by atoms with E-state index >= 15 is 0 Å². The Morgan fingerprint density at radius 1 is 1.05 bits per heavy atom. The highest BCUT2D eigenvalue weighted by atomic mass is 16.5. The number of nitrogens with zero attached hydrogens (tertiary/aromatic N) is 1. The number of hydrogen-bond donors (Lipinski definition) is 0. The zero-order valence-corrected chi connectivity index (χ0v) is 12.1. The molecule has 0 N–H and O–H groups in total. The van der Waals surface area contributed by atoms with Gasteiger partial charge in [0.25, 0.3) is 0 Å². The van der Waals surface area contributed by atoms with E-state index in [9.17, 15) is 4.79 Å². The van der Waals surface area contributed by atoms with Crippen LogP contribution in [-0.4, -0.2) is 25.7 Å². The highest BCUT2D eigenvalue weighted by molar-refractivity contribution is 6.04. The molecule has 0 heterocycles. The fourth-order valence-corrected chi connectivity index (χ4v) is 1.97. The number of amides is 1. The molecule has 0 aliphatic carbocycles. The number of aliphatic imine (C=N–C) groups is 1. The largest absolute Gasteiger partial charge is 0.477 e. The van der Waals surface area contributed by atoms with Crippen LogP contribution >= 0.6 is 0 Å². The average molecular weight is 283 g/mol. The number of hydrogen-bond acceptors (Lipinski definition) is 3. The van der Waals surface area contributed by atoms with Gasteiger partial charge in [-0.1, -0.05) is 48.5 Å². The quantitative estimate of drug-likeness (QED) is 0.634. The zero-order valence-electron chi connectivity index (χ0n) is 12.1. The lowest BCUT2D eigenvalue weighted by atomic mass is 9.99. The van der Waals surface area contributed by atoms with Crippen LogP contribution in [-0.2, 0) is 9.47 Å². The molecule has 4 heteroatoms. The molecule has 0 aliphatic rings. The minimum absolute atomic E-state index is 0.267. The zero-order chi connectivity index (χ0) is 15.1. The summed E-state index contributed by atoms with van der Waals surface area (Å²) in [6, 6.07) is 17.5. The standard InChI is InChI=1S/C17H17NO3/c1-3-21-16(18-17(19)20-2)15-12-8-7-11-14(15)13-9-5-4-6-10-13/h4-12H,3H2,1-2H3. The van der Waals surface area contributed by atoms with Gasteiger partial charge in [-0.05, 0) is 24.1 Å². The number of methoxy groups -OCH3 is 1. The van der Waals surface area contributed by atoms with Gasteiger partial charge in [0.1, 0.15) is 0 Å². The van der Waals surface area contributed by atoms with Gasteiger partial charge in [0, 0.05) is 5.56 Å². The summed E-state index contributed by atoms with van der Waals surface area (Å²) in [4.78, 5) is 15.3.